The lowest BCUT2D eigenvalue weighted by molar-refractivity contribution is 0.0951. The molecule has 0 aliphatic heterocycles. The molecule has 0 unspecified atom stereocenters. The van der Waals surface area contributed by atoms with Gasteiger partial charge in [-0.3, -0.25) is 4.79 Å². The molecule has 18 heavy (non-hydrogen) atoms. The lowest BCUT2D eigenvalue weighted by atomic mass is 10.1. The van der Waals surface area contributed by atoms with Crippen LogP contribution < -0.4 is 5.32 Å². The van der Waals surface area contributed by atoms with Crippen molar-refractivity contribution >= 4 is 17.2 Å². The number of phenols is 1. The number of phenolic OH excluding ortho intramolecular Hbond substituents is 1. The van der Waals surface area contributed by atoms with E-state index in [0.29, 0.717) is 13.0 Å². The van der Waals surface area contributed by atoms with Gasteiger partial charge in [0.05, 0.1) is 5.56 Å². The molecule has 1 aromatic heterocycles. The highest BCUT2D eigenvalue weighted by Crippen LogP contribution is 2.17. The van der Waals surface area contributed by atoms with E-state index in [4.69, 9.17) is 0 Å². The van der Waals surface area contributed by atoms with Crippen LogP contribution in [0.5, 0.6) is 5.75 Å². The molecule has 1 heterocycles. The van der Waals surface area contributed by atoms with Crippen molar-refractivity contribution in [1.29, 1.82) is 0 Å². The number of halogens is 1. The average Bonchev–Trinajstić information content (AvgIpc) is 2.85. The number of carbonyl (C=O) groups excluding carboxylic acids is 1. The van der Waals surface area contributed by atoms with Gasteiger partial charge in [0.1, 0.15) is 11.6 Å². The number of nitrogens with one attached hydrogen (secondary N) is 1. The van der Waals surface area contributed by atoms with Crippen LogP contribution in [-0.2, 0) is 6.42 Å². The second kappa shape index (κ2) is 5.64. The summed E-state index contributed by atoms with van der Waals surface area (Å²) >= 11 is 1.60. The molecule has 3 nitrogen and oxygen atoms in total. The van der Waals surface area contributed by atoms with E-state index in [2.05, 4.69) is 5.32 Å². The molecule has 0 aliphatic rings. The van der Waals surface area contributed by atoms with Crippen LogP contribution in [0.3, 0.4) is 0 Å². The fourth-order valence-electron chi connectivity index (χ4n) is 1.54. The summed E-state index contributed by atoms with van der Waals surface area (Å²) in [5, 5.41) is 16.1. The van der Waals surface area contributed by atoms with Gasteiger partial charge in [-0.25, -0.2) is 4.39 Å². The van der Waals surface area contributed by atoms with Crippen LogP contribution in [0.4, 0.5) is 4.39 Å². The van der Waals surface area contributed by atoms with Crippen LogP contribution in [0.1, 0.15) is 15.9 Å². The Morgan fingerprint density at radius 3 is 2.94 bits per heavy atom. The molecule has 2 rings (SSSR count). The first-order chi connectivity index (χ1) is 8.66. The predicted molar refractivity (Wildman–Crippen MR) is 68.4 cm³/mol. The molecule has 0 spiro atoms. The molecule has 0 saturated heterocycles. The number of amides is 1. The van der Waals surface area contributed by atoms with Crippen molar-refractivity contribution in [1.82, 2.24) is 5.32 Å². The first-order valence-corrected chi connectivity index (χ1v) is 6.39. The Morgan fingerprint density at radius 2 is 2.22 bits per heavy atom. The molecule has 0 atom stereocenters. The third-order valence-electron chi connectivity index (χ3n) is 2.48. The Hall–Kier alpha value is -1.88. The molecule has 5 heteroatoms. The Kier molecular flexibility index (Phi) is 3.94. The van der Waals surface area contributed by atoms with Gasteiger partial charge >= 0.3 is 0 Å². The molecule has 0 radical (unpaired) electrons. The molecular weight excluding hydrogens is 253 g/mol. The number of thiophene rings is 1. The molecule has 2 aromatic rings. The van der Waals surface area contributed by atoms with Crippen LogP contribution in [-0.4, -0.2) is 17.6 Å². The minimum atomic E-state index is -0.546. The number of hydrogen-bond acceptors (Lipinski definition) is 3. The third kappa shape index (κ3) is 3.07. The van der Waals surface area contributed by atoms with Crippen molar-refractivity contribution in [2.24, 2.45) is 0 Å². The maximum atomic E-state index is 13.0. The molecule has 94 valence electrons. The summed E-state index contributed by atoms with van der Waals surface area (Å²) < 4.78 is 13.0. The average molecular weight is 265 g/mol. The first kappa shape index (κ1) is 12.6. The number of carbonyl (C=O) groups is 1. The quantitative estimate of drug-likeness (QED) is 0.892. The highest BCUT2D eigenvalue weighted by molar-refractivity contribution is 7.07. The van der Waals surface area contributed by atoms with Crippen molar-refractivity contribution in [3.63, 3.8) is 0 Å². The molecule has 0 saturated carbocycles. The standard InChI is InChI=1S/C13H12FNO2S/c14-10-1-2-12(16)11(7-10)13(17)15-5-3-9-4-6-18-8-9/h1-2,4,6-8,16H,3,5H2,(H,15,17). The molecule has 0 bridgehead atoms. The third-order valence-corrected chi connectivity index (χ3v) is 3.21. The van der Waals surface area contributed by atoms with Gasteiger partial charge in [0.2, 0.25) is 0 Å². The summed E-state index contributed by atoms with van der Waals surface area (Å²) in [5.74, 6) is -1.23. The van der Waals surface area contributed by atoms with Gasteiger partial charge in [0.25, 0.3) is 5.91 Å². The fraction of sp³-hybridized carbons (Fsp3) is 0.154. The van der Waals surface area contributed by atoms with E-state index in [9.17, 15) is 14.3 Å². The summed E-state index contributed by atoms with van der Waals surface area (Å²) in [6.07, 6.45) is 0.714. The van der Waals surface area contributed by atoms with Gasteiger partial charge in [0.15, 0.2) is 0 Å². The van der Waals surface area contributed by atoms with Gasteiger partial charge in [0, 0.05) is 6.54 Å². The number of benzene rings is 1. The number of rotatable bonds is 4. The summed E-state index contributed by atoms with van der Waals surface area (Å²) in [5.41, 5.74) is 1.10. The maximum absolute atomic E-state index is 13.0. The van der Waals surface area contributed by atoms with Gasteiger partial charge in [-0.05, 0) is 47.0 Å². The van der Waals surface area contributed by atoms with E-state index >= 15 is 0 Å². The zero-order chi connectivity index (χ0) is 13.0. The minimum Gasteiger partial charge on any atom is -0.507 e. The fourth-order valence-corrected chi connectivity index (χ4v) is 2.24. The molecule has 0 aliphatic carbocycles. The van der Waals surface area contributed by atoms with Crippen LogP contribution in [0.25, 0.3) is 0 Å². The monoisotopic (exact) mass is 265 g/mol. The highest BCUT2D eigenvalue weighted by Gasteiger charge is 2.11. The second-order valence-electron chi connectivity index (χ2n) is 3.80. The first-order valence-electron chi connectivity index (χ1n) is 5.44. The normalized spacial score (nSPS) is 10.3. The van der Waals surface area contributed by atoms with E-state index in [1.807, 2.05) is 16.8 Å². The van der Waals surface area contributed by atoms with E-state index in [1.165, 1.54) is 6.07 Å². The molecule has 1 aromatic carbocycles. The second-order valence-corrected chi connectivity index (χ2v) is 4.58. The smallest absolute Gasteiger partial charge is 0.255 e. The summed E-state index contributed by atoms with van der Waals surface area (Å²) in [7, 11) is 0. The van der Waals surface area contributed by atoms with Crippen molar-refractivity contribution < 1.29 is 14.3 Å². The van der Waals surface area contributed by atoms with Crippen molar-refractivity contribution in [2.45, 2.75) is 6.42 Å². The van der Waals surface area contributed by atoms with Crippen LogP contribution in [0, 0.1) is 5.82 Å². The molecule has 2 N–H and O–H groups in total. The summed E-state index contributed by atoms with van der Waals surface area (Å²) in [4.78, 5) is 11.7. The summed E-state index contributed by atoms with van der Waals surface area (Å²) in [6.45, 7) is 0.450. The van der Waals surface area contributed by atoms with Crippen LogP contribution in [0.2, 0.25) is 0 Å². The van der Waals surface area contributed by atoms with Gasteiger partial charge < -0.3 is 10.4 Å². The predicted octanol–water partition coefficient (Wildman–Crippen LogP) is 2.57. The highest BCUT2D eigenvalue weighted by atomic mass is 32.1. The van der Waals surface area contributed by atoms with Crippen molar-refractivity contribution in [3.8, 4) is 5.75 Å². The Morgan fingerprint density at radius 1 is 1.39 bits per heavy atom. The molecule has 0 fully saturated rings. The number of hydrogen-bond donors (Lipinski definition) is 2. The topological polar surface area (TPSA) is 49.3 Å². The lowest BCUT2D eigenvalue weighted by Crippen LogP contribution is -2.25. The van der Waals surface area contributed by atoms with Gasteiger partial charge in [-0.1, -0.05) is 0 Å². The maximum Gasteiger partial charge on any atom is 0.255 e. The summed E-state index contributed by atoms with van der Waals surface area (Å²) in [6, 6.07) is 5.28. The van der Waals surface area contributed by atoms with Crippen molar-refractivity contribution in [2.75, 3.05) is 6.54 Å². The largest absolute Gasteiger partial charge is 0.507 e. The van der Waals surface area contributed by atoms with Gasteiger partial charge in [-0.2, -0.15) is 11.3 Å². The van der Waals surface area contributed by atoms with Crippen molar-refractivity contribution in [3.05, 3.63) is 52.0 Å². The zero-order valence-corrected chi connectivity index (χ0v) is 10.3. The van der Waals surface area contributed by atoms with E-state index < -0.39 is 11.7 Å². The Bertz CT molecular complexity index is 540. The minimum absolute atomic E-state index is 0.0414. The van der Waals surface area contributed by atoms with E-state index in [-0.39, 0.29) is 11.3 Å². The van der Waals surface area contributed by atoms with Gasteiger partial charge in [-0.15, -0.1) is 0 Å². The van der Waals surface area contributed by atoms with E-state index in [0.717, 1.165) is 17.7 Å². The SMILES string of the molecule is O=C(NCCc1ccsc1)c1cc(F)ccc1O. The zero-order valence-electron chi connectivity index (χ0n) is 9.52. The van der Waals surface area contributed by atoms with E-state index in [1.54, 1.807) is 11.3 Å². The molecular formula is C13H12FNO2S. The molecule has 1 amide bonds. The lowest BCUT2D eigenvalue weighted by Gasteiger charge is -2.06. The van der Waals surface area contributed by atoms with Crippen LogP contribution in [0.15, 0.2) is 35.0 Å². The Labute approximate surface area is 108 Å². The Balaban J connectivity index is 1.93. The number of aromatic hydroxyl groups is 1. The van der Waals surface area contributed by atoms with Crippen LogP contribution >= 0.6 is 11.3 Å².